The van der Waals surface area contributed by atoms with Gasteiger partial charge in [-0.15, -0.1) is 0 Å². The SMILES string of the molecule is O=C(c1cc2c(Cl)nc(-c3ccccc3)nc2n1S(=O)(=O)c1ccccc1)N1CCOCC1. The number of nitrogens with zero attached hydrogens (tertiary/aromatic N) is 4. The van der Waals surface area contributed by atoms with Crippen LogP contribution in [0.4, 0.5) is 0 Å². The maximum Gasteiger partial charge on any atom is 0.271 e. The van der Waals surface area contributed by atoms with E-state index in [4.69, 9.17) is 16.3 Å². The number of aromatic nitrogens is 3. The van der Waals surface area contributed by atoms with Crippen LogP contribution in [0.2, 0.25) is 5.15 Å². The van der Waals surface area contributed by atoms with E-state index in [1.54, 1.807) is 35.2 Å². The van der Waals surface area contributed by atoms with Crippen molar-refractivity contribution in [1.82, 2.24) is 18.8 Å². The fourth-order valence-electron chi connectivity index (χ4n) is 3.75. The molecule has 0 atom stereocenters. The second-order valence-electron chi connectivity index (χ2n) is 7.46. The van der Waals surface area contributed by atoms with Crippen molar-refractivity contribution in [2.75, 3.05) is 26.3 Å². The molecule has 0 N–H and O–H groups in total. The number of amides is 1. The molecule has 0 bridgehead atoms. The fraction of sp³-hybridized carbons (Fsp3) is 0.174. The van der Waals surface area contributed by atoms with Gasteiger partial charge in [-0.1, -0.05) is 60.1 Å². The molecule has 0 aliphatic carbocycles. The molecular weight excluding hydrogens is 464 g/mol. The second-order valence-corrected chi connectivity index (χ2v) is 9.60. The lowest BCUT2D eigenvalue weighted by atomic mass is 10.2. The van der Waals surface area contributed by atoms with Crippen molar-refractivity contribution in [1.29, 1.82) is 0 Å². The molecule has 1 aliphatic rings. The maximum atomic E-state index is 13.7. The Bertz CT molecular complexity index is 1430. The first kappa shape index (κ1) is 21.6. The van der Waals surface area contributed by atoms with Crippen LogP contribution in [0.25, 0.3) is 22.4 Å². The number of hydrogen-bond donors (Lipinski definition) is 0. The number of halogens is 1. The van der Waals surface area contributed by atoms with E-state index in [2.05, 4.69) is 9.97 Å². The molecule has 1 aliphatic heterocycles. The maximum absolute atomic E-state index is 13.7. The molecule has 33 heavy (non-hydrogen) atoms. The van der Waals surface area contributed by atoms with E-state index in [0.29, 0.717) is 31.9 Å². The quantitative estimate of drug-likeness (QED) is 0.413. The van der Waals surface area contributed by atoms with Crippen molar-refractivity contribution in [3.8, 4) is 11.4 Å². The first-order valence-corrected chi connectivity index (χ1v) is 12.1. The molecule has 1 saturated heterocycles. The summed E-state index contributed by atoms with van der Waals surface area (Å²) in [7, 11) is -4.16. The Labute approximate surface area is 195 Å². The third-order valence-corrected chi connectivity index (χ3v) is 7.41. The van der Waals surface area contributed by atoms with E-state index < -0.39 is 15.9 Å². The Balaban J connectivity index is 1.78. The van der Waals surface area contributed by atoms with Gasteiger partial charge in [0.1, 0.15) is 10.8 Å². The van der Waals surface area contributed by atoms with Crippen molar-refractivity contribution < 1.29 is 17.9 Å². The van der Waals surface area contributed by atoms with Crippen molar-refractivity contribution in [2.24, 2.45) is 0 Å². The molecule has 1 fully saturated rings. The minimum atomic E-state index is -4.16. The summed E-state index contributed by atoms with van der Waals surface area (Å²) in [5.41, 5.74) is 0.679. The van der Waals surface area contributed by atoms with Gasteiger partial charge in [0.25, 0.3) is 15.9 Å². The van der Waals surface area contributed by atoms with Crippen LogP contribution >= 0.6 is 11.6 Å². The van der Waals surface area contributed by atoms with Crippen LogP contribution in [-0.2, 0) is 14.8 Å². The third-order valence-electron chi connectivity index (χ3n) is 5.40. The predicted octanol–water partition coefficient (Wildman–Crippen LogP) is 3.46. The summed E-state index contributed by atoms with van der Waals surface area (Å²) in [4.78, 5) is 23.9. The highest BCUT2D eigenvalue weighted by Crippen LogP contribution is 2.31. The van der Waals surface area contributed by atoms with E-state index >= 15 is 0 Å². The van der Waals surface area contributed by atoms with Gasteiger partial charge in [0.05, 0.1) is 23.5 Å². The van der Waals surface area contributed by atoms with E-state index in [1.807, 2.05) is 18.2 Å². The molecule has 3 heterocycles. The van der Waals surface area contributed by atoms with E-state index in [9.17, 15) is 13.2 Å². The van der Waals surface area contributed by atoms with Crippen LogP contribution in [0.15, 0.2) is 71.6 Å². The van der Waals surface area contributed by atoms with E-state index in [1.165, 1.54) is 18.2 Å². The summed E-state index contributed by atoms with van der Waals surface area (Å²) in [6.07, 6.45) is 0. The lowest BCUT2D eigenvalue weighted by Crippen LogP contribution is -2.41. The zero-order valence-corrected chi connectivity index (χ0v) is 19.0. The van der Waals surface area contributed by atoms with Gasteiger partial charge in [-0.2, -0.15) is 0 Å². The van der Waals surface area contributed by atoms with Crippen LogP contribution in [0, 0.1) is 0 Å². The van der Waals surface area contributed by atoms with E-state index in [0.717, 1.165) is 3.97 Å². The molecule has 0 unspecified atom stereocenters. The second kappa shape index (κ2) is 8.58. The Kier molecular flexibility index (Phi) is 5.61. The Morgan fingerprint density at radius 1 is 0.939 bits per heavy atom. The number of rotatable bonds is 4. The zero-order valence-electron chi connectivity index (χ0n) is 17.4. The fourth-order valence-corrected chi connectivity index (χ4v) is 5.44. The molecule has 10 heteroatoms. The summed E-state index contributed by atoms with van der Waals surface area (Å²) in [5, 5.41) is 0.351. The highest BCUT2D eigenvalue weighted by molar-refractivity contribution is 7.90. The minimum Gasteiger partial charge on any atom is -0.378 e. The molecule has 0 radical (unpaired) electrons. The summed E-state index contributed by atoms with van der Waals surface area (Å²) in [5.74, 6) is -0.172. The van der Waals surface area contributed by atoms with Gasteiger partial charge in [-0.25, -0.2) is 22.4 Å². The lowest BCUT2D eigenvalue weighted by Gasteiger charge is -2.27. The largest absolute Gasteiger partial charge is 0.378 e. The molecule has 0 saturated carbocycles. The first-order valence-electron chi connectivity index (χ1n) is 10.3. The molecule has 2 aromatic heterocycles. The Morgan fingerprint density at radius 3 is 2.24 bits per heavy atom. The number of carbonyl (C=O) groups is 1. The van der Waals surface area contributed by atoms with E-state index in [-0.39, 0.29) is 32.6 Å². The number of ether oxygens (including phenoxy) is 1. The third kappa shape index (κ3) is 3.88. The molecule has 4 aromatic rings. The lowest BCUT2D eigenvalue weighted by molar-refractivity contribution is 0.0298. The summed E-state index contributed by atoms with van der Waals surface area (Å²) >= 11 is 6.48. The number of hydrogen-bond acceptors (Lipinski definition) is 6. The molecule has 1 amide bonds. The standard InChI is InChI=1S/C23H19ClN4O4S/c24-20-18-15-19(23(29)27-11-13-32-14-12-27)28(33(30,31)17-9-5-2-6-10-17)22(18)26-21(25-20)16-7-3-1-4-8-16/h1-10,15H,11-14H2. The van der Waals surface area contributed by atoms with Crippen molar-refractivity contribution in [2.45, 2.75) is 4.90 Å². The van der Waals surface area contributed by atoms with Gasteiger partial charge in [-0.3, -0.25) is 4.79 Å². The first-order chi connectivity index (χ1) is 16.0. The van der Waals surface area contributed by atoms with Crippen molar-refractivity contribution in [3.63, 3.8) is 0 Å². The predicted molar refractivity (Wildman–Crippen MR) is 124 cm³/mol. The normalized spacial score (nSPS) is 14.5. The Hall–Kier alpha value is -3.27. The number of carbonyl (C=O) groups excluding carboxylic acids is 1. The molecule has 8 nitrogen and oxygen atoms in total. The molecule has 5 rings (SSSR count). The van der Waals surface area contributed by atoms with Crippen molar-refractivity contribution >= 4 is 38.6 Å². The number of morpholine rings is 1. The number of fused-ring (bicyclic) bond motifs is 1. The van der Waals surface area contributed by atoms with Crippen LogP contribution in [-0.4, -0.2) is 59.5 Å². The summed E-state index contributed by atoms with van der Waals surface area (Å²) in [6.45, 7) is 1.49. The summed E-state index contributed by atoms with van der Waals surface area (Å²) < 4.78 is 33.8. The van der Waals surface area contributed by atoms with Crippen molar-refractivity contribution in [3.05, 3.63) is 77.6 Å². The molecular formula is C23H19ClN4O4S. The zero-order chi connectivity index (χ0) is 23.0. The van der Waals surface area contributed by atoms with Gasteiger partial charge >= 0.3 is 0 Å². The van der Waals surface area contributed by atoms with Gasteiger partial charge in [-0.05, 0) is 18.2 Å². The Morgan fingerprint density at radius 2 is 1.58 bits per heavy atom. The van der Waals surface area contributed by atoms with Crippen LogP contribution in [0.3, 0.4) is 0 Å². The topological polar surface area (TPSA) is 94.4 Å². The average molecular weight is 483 g/mol. The monoisotopic (exact) mass is 482 g/mol. The molecule has 0 spiro atoms. The van der Waals surface area contributed by atoms with Crippen LogP contribution in [0.1, 0.15) is 10.5 Å². The van der Waals surface area contributed by atoms with Gasteiger partial charge < -0.3 is 9.64 Å². The minimum absolute atomic E-state index is 0.0366. The highest BCUT2D eigenvalue weighted by atomic mass is 35.5. The van der Waals surface area contributed by atoms with Gasteiger partial charge in [0.2, 0.25) is 0 Å². The average Bonchev–Trinajstić information content (AvgIpc) is 3.26. The van der Waals surface area contributed by atoms with Gasteiger partial charge in [0, 0.05) is 18.7 Å². The molecule has 168 valence electrons. The van der Waals surface area contributed by atoms with Gasteiger partial charge in [0.15, 0.2) is 11.5 Å². The summed E-state index contributed by atoms with van der Waals surface area (Å²) in [6, 6.07) is 18.5. The number of benzene rings is 2. The molecule has 2 aromatic carbocycles. The van der Waals surface area contributed by atoms with Crippen LogP contribution < -0.4 is 0 Å². The van der Waals surface area contributed by atoms with Crippen LogP contribution in [0.5, 0.6) is 0 Å². The smallest absolute Gasteiger partial charge is 0.271 e. The highest BCUT2D eigenvalue weighted by Gasteiger charge is 2.31.